The molecule has 0 bridgehead atoms. The minimum atomic E-state index is 0.211. The van der Waals surface area contributed by atoms with Crippen LogP contribution in [0.2, 0.25) is 0 Å². The number of hydrogen-bond acceptors (Lipinski definition) is 3. The Hall–Kier alpha value is -1.35. The average Bonchev–Trinajstić information content (AvgIpc) is 2.48. The van der Waals surface area contributed by atoms with Gasteiger partial charge >= 0.3 is 0 Å². The van der Waals surface area contributed by atoms with Gasteiger partial charge in [0.05, 0.1) is 0 Å². The third-order valence-electron chi connectivity index (χ3n) is 3.93. The van der Waals surface area contributed by atoms with Crippen LogP contribution in [0, 0.1) is 0 Å². The SMILES string of the molecule is CCC(=O)c1ccc(NC2CCN(CC)CC2)cc1. The van der Waals surface area contributed by atoms with E-state index in [2.05, 4.69) is 17.1 Å². The highest BCUT2D eigenvalue weighted by Gasteiger charge is 2.17. The zero-order chi connectivity index (χ0) is 13.7. The summed E-state index contributed by atoms with van der Waals surface area (Å²) < 4.78 is 0. The number of carbonyl (C=O) groups excluding carboxylic acids is 1. The first-order valence-corrected chi connectivity index (χ1v) is 7.35. The van der Waals surface area contributed by atoms with Crippen LogP contribution in [-0.4, -0.2) is 36.4 Å². The summed E-state index contributed by atoms with van der Waals surface area (Å²) in [7, 11) is 0. The van der Waals surface area contributed by atoms with E-state index in [0.717, 1.165) is 17.8 Å². The molecule has 1 aromatic carbocycles. The van der Waals surface area contributed by atoms with E-state index in [1.807, 2.05) is 31.2 Å². The van der Waals surface area contributed by atoms with Gasteiger partial charge in [0.25, 0.3) is 0 Å². The number of nitrogens with one attached hydrogen (secondary N) is 1. The Morgan fingerprint density at radius 1 is 1.21 bits per heavy atom. The van der Waals surface area contributed by atoms with E-state index < -0.39 is 0 Å². The Morgan fingerprint density at radius 2 is 1.84 bits per heavy atom. The Balaban J connectivity index is 1.88. The first-order valence-electron chi connectivity index (χ1n) is 7.35. The van der Waals surface area contributed by atoms with Crippen LogP contribution in [0.15, 0.2) is 24.3 Å². The van der Waals surface area contributed by atoms with Crippen molar-refractivity contribution < 1.29 is 4.79 Å². The Labute approximate surface area is 116 Å². The van der Waals surface area contributed by atoms with E-state index >= 15 is 0 Å². The fraction of sp³-hybridized carbons (Fsp3) is 0.562. The molecule has 1 saturated heterocycles. The van der Waals surface area contributed by atoms with Crippen molar-refractivity contribution in [3.63, 3.8) is 0 Å². The molecule has 0 saturated carbocycles. The van der Waals surface area contributed by atoms with Gasteiger partial charge < -0.3 is 10.2 Å². The molecule has 104 valence electrons. The molecule has 1 fully saturated rings. The Morgan fingerprint density at radius 3 is 2.37 bits per heavy atom. The quantitative estimate of drug-likeness (QED) is 0.825. The van der Waals surface area contributed by atoms with Crippen molar-refractivity contribution in [3.05, 3.63) is 29.8 Å². The maximum absolute atomic E-state index is 11.6. The van der Waals surface area contributed by atoms with Gasteiger partial charge in [-0.1, -0.05) is 13.8 Å². The highest BCUT2D eigenvalue weighted by Crippen LogP contribution is 2.17. The third-order valence-corrected chi connectivity index (χ3v) is 3.93. The summed E-state index contributed by atoms with van der Waals surface area (Å²) in [6, 6.07) is 8.46. The van der Waals surface area contributed by atoms with Crippen LogP contribution in [0.1, 0.15) is 43.5 Å². The predicted molar refractivity (Wildman–Crippen MR) is 79.8 cm³/mol. The van der Waals surface area contributed by atoms with E-state index in [1.54, 1.807) is 0 Å². The lowest BCUT2D eigenvalue weighted by atomic mass is 10.0. The van der Waals surface area contributed by atoms with Crippen LogP contribution in [0.5, 0.6) is 0 Å². The molecule has 0 unspecified atom stereocenters. The number of benzene rings is 1. The predicted octanol–water partition coefficient (Wildman–Crippen LogP) is 3.18. The highest BCUT2D eigenvalue weighted by molar-refractivity contribution is 5.96. The van der Waals surface area contributed by atoms with Crippen LogP contribution < -0.4 is 5.32 Å². The molecule has 1 aromatic rings. The normalized spacial score (nSPS) is 17.4. The summed E-state index contributed by atoms with van der Waals surface area (Å²) in [6.07, 6.45) is 2.97. The number of ketones is 1. The molecule has 0 spiro atoms. The van der Waals surface area contributed by atoms with Crippen molar-refractivity contribution in [2.24, 2.45) is 0 Å². The summed E-state index contributed by atoms with van der Waals surface area (Å²) in [5, 5.41) is 3.57. The van der Waals surface area contributed by atoms with Crippen LogP contribution in [-0.2, 0) is 0 Å². The van der Waals surface area contributed by atoms with Crippen molar-refractivity contribution in [2.45, 2.75) is 39.2 Å². The fourth-order valence-corrected chi connectivity index (χ4v) is 2.59. The molecule has 1 aliphatic heterocycles. The first-order chi connectivity index (χ1) is 9.22. The van der Waals surface area contributed by atoms with Crippen molar-refractivity contribution in [1.29, 1.82) is 0 Å². The van der Waals surface area contributed by atoms with E-state index in [4.69, 9.17) is 0 Å². The number of nitrogens with zero attached hydrogens (tertiary/aromatic N) is 1. The number of rotatable bonds is 5. The van der Waals surface area contributed by atoms with Crippen LogP contribution in [0.25, 0.3) is 0 Å². The summed E-state index contributed by atoms with van der Waals surface area (Å²) in [4.78, 5) is 14.0. The second-order valence-electron chi connectivity index (χ2n) is 5.21. The van der Waals surface area contributed by atoms with Crippen molar-refractivity contribution in [3.8, 4) is 0 Å². The third kappa shape index (κ3) is 3.80. The number of likely N-dealkylation sites (tertiary alicyclic amines) is 1. The molecule has 2 rings (SSSR count). The van der Waals surface area contributed by atoms with Gasteiger partial charge in [-0.15, -0.1) is 0 Å². The molecule has 3 nitrogen and oxygen atoms in total. The molecule has 0 atom stereocenters. The maximum Gasteiger partial charge on any atom is 0.162 e. The van der Waals surface area contributed by atoms with Crippen molar-refractivity contribution in [2.75, 3.05) is 25.0 Å². The molecular formula is C16H24N2O. The van der Waals surface area contributed by atoms with Gasteiger partial charge in [-0.05, 0) is 43.7 Å². The van der Waals surface area contributed by atoms with Gasteiger partial charge in [0.1, 0.15) is 0 Å². The first kappa shape index (κ1) is 14.1. The second-order valence-corrected chi connectivity index (χ2v) is 5.21. The molecule has 19 heavy (non-hydrogen) atoms. The Kier molecular flexibility index (Phi) is 4.97. The van der Waals surface area contributed by atoms with Gasteiger partial charge in [-0.25, -0.2) is 0 Å². The molecule has 0 aliphatic carbocycles. The molecule has 1 heterocycles. The monoisotopic (exact) mass is 260 g/mol. The molecule has 3 heteroatoms. The summed E-state index contributed by atoms with van der Waals surface area (Å²) in [6.45, 7) is 7.63. The smallest absolute Gasteiger partial charge is 0.162 e. The van der Waals surface area contributed by atoms with E-state index in [9.17, 15) is 4.79 Å². The summed E-state index contributed by atoms with van der Waals surface area (Å²) in [5.41, 5.74) is 1.94. The van der Waals surface area contributed by atoms with Gasteiger partial charge in [-0.3, -0.25) is 4.79 Å². The standard InChI is InChI=1S/C16H24N2O/c1-3-16(19)13-5-7-14(8-6-13)17-15-9-11-18(4-2)12-10-15/h5-8,15,17H,3-4,9-12H2,1-2H3. The Bertz CT molecular complexity index is 405. The minimum Gasteiger partial charge on any atom is -0.382 e. The van der Waals surface area contributed by atoms with E-state index in [0.29, 0.717) is 12.5 Å². The van der Waals surface area contributed by atoms with Crippen LogP contribution in [0.3, 0.4) is 0 Å². The van der Waals surface area contributed by atoms with Gasteiger partial charge in [0.2, 0.25) is 0 Å². The van der Waals surface area contributed by atoms with Crippen molar-refractivity contribution >= 4 is 11.5 Å². The minimum absolute atomic E-state index is 0.211. The van der Waals surface area contributed by atoms with Gasteiger partial charge in [0, 0.05) is 36.8 Å². The van der Waals surface area contributed by atoms with Gasteiger partial charge in [-0.2, -0.15) is 0 Å². The lowest BCUT2D eigenvalue weighted by Crippen LogP contribution is -2.38. The largest absolute Gasteiger partial charge is 0.382 e. The fourth-order valence-electron chi connectivity index (χ4n) is 2.59. The lowest BCUT2D eigenvalue weighted by molar-refractivity contribution is 0.0988. The highest BCUT2D eigenvalue weighted by atomic mass is 16.1. The topological polar surface area (TPSA) is 32.3 Å². The zero-order valence-electron chi connectivity index (χ0n) is 12.0. The van der Waals surface area contributed by atoms with Gasteiger partial charge in [0.15, 0.2) is 5.78 Å². The molecular weight excluding hydrogens is 236 g/mol. The number of Topliss-reactive ketones (excluding diaryl/α,β-unsaturated/α-hetero) is 1. The second kappa shape index (κ2) is 6.71. The summed E-state index contributed by atoms with van der Waals surface area (Å²) >= 11 is 0. The number of carbonyl (C=O) groups is 1. The molecule has 0 aromatic heterocycles. The molecule has 0 radical (unpaired) electrons. The number of hydrogen-bond donors (Lipinski definition) is 1. The number of anilines is 1. The molecule has 1 aliphatic rings. The molecule has 0 amide bonds. The van der Waals surface area contributed by atoms with E-state index in [-0.39, 0.29) is 5.78 Å². The number of piperidine rings is 1. The van der Waals surface area contributed by atoms with Crippen molar-refractivity contribution in [1.82, 2.24) is 4.90 Å². The lowest BCUT2D eigenvalue weighted by Gasteiger charge is -2.32. The van der Waals surface area contributed by atoms with E-state index in [1.165, 1.54) is 25.9 Å². The van der Waals surface area contributed by atoms with Crippen LogP contribution in [0.4, 0.5) is 5.69 Å². The summed E-state index contributed by atoms with van der Waals surface area (Å²) in [5.74, 6) is 0.211. The average molecular weight is 260 g/mol. The molecule has 1 N–H and O–H groups in total. The zero-order valence-corrected chi connectivity index (χ0v) is 12.0. The van der Waals surface area contributed by atoms with Crippen LogP contribution >= 0.6 is 0 Å². The maximum atomic E-state index is 11.6.